The molecule has 1 atom stereocenters. The van der Waals surface area contributed by atoms with Crippen LogP contribution < -0.4 is 10.1 Å². The smallest absolute Gasteiger partial charge is 0.417 e. The molecule has 2 aromatic carbocycles. The van der Waals surface area contributed by atoms with Crippen LogP contribution in [-0.4, -0.2) is 27.6 Å². The van der Waals surface area contributed by atoms with Gasteiger partial charge < -0.3 is 10.1 Å². The summed E-state index contributed by atoms with van der Waals surface area (Å²) < 4.78 is 46.2. The molecule has 0 aliphatic carbocycles. The first-order chi connectivity index (χ1) is 15.8. The third-order valence-corrected chi connectivity index (χ3v) is 6.15. The Bertz CT molecular complexity index is 1300. The summed E-state index contributed by atoms with van der Waals surface area (Å²) in [6.07, 6.45) is -3.74. The summed E-state index contributed by atoms with van der Waals surface area (Å²) in [4.78, 5) is 13.2. The molecule has 0 spiro atoms. The monoisotopic (exact) mass is 492 g/mol. The highest BCUT2D eigenvalue weighted by molar-refractivity contribution is 8.00. The number of carbonyl (C=O) groups excluding carboxylic acids is 1. The number of methoxy groups -OCH3 is 1. The van der Waals surface area contributed by atoms with Gasteiger partial charge in [-0.05, 0) is 23.8 Å². The normalized spacial score (nSPS) is 12.5. The first-order valence-corrected chi connectivity index (χ1v) is 10.8. The Hall–Kier alpha value is -3.24. The number of pyridine rings is 1. The van der Waals surface area contributed by atoms with E-state index in [4.69, 9.17) is 16.3 Å². The lowest BCUT2D eigenvalue weighted by atomic mass is 10.1. The molecule has 0 saturated heterocycles. The number of benzene rings is 2. The fourth-order valence-electron chi connectivity index (χ4n) is 3.08. The van der Waals surface area contributed by atoms with E-state index in [1.165, 1.54) is 7.11 Å². The first kappa shape index (κ1) is 22.9. The molecule has 170 valence electrons. The lowest BCUT2D eigenvalue weighted by Crippen LogP contribution is -2.19. The molecule has 4 aromatic rings. The van der Waals surface area contributed by atoms with Gasteiger partial charge in [-0.3, -0.25) is 9.20 Å². The predicted molar refractivity (Wildman–Crippen MR) is 120 cm³/mol. The highest BCUT2D eigenvalue weighted by Gasteiger charge is 2.33. The summed E-state index contributed by atoms with van der Waals surface area (Å²) in [6.45, 7) is 0. The minimum absolute atomic E-state index is 0.0622. The quantitative estimate of drug-likeness (QED) is 0.340. The van der Waals surface area contributed by atoms with Gasteiger partial charge in [-0.1, -0.05) is 59.8 Å². The molecule has 0 unspecified atom stereocenters. The minimum atomic E-state index is -4.60. The molecule has 0 bridgehead atoms. The third kappa shape index (κ3) is 5.07. The Morgan fingerprint density at radius 3 is 2.58 bits per heavy atom. The second kappa shape index (κ2) is 9.32. The lowest BCUT2D eigenvalue weighted by molar-refractivity contribution is -0.137. The second-order valence-electron chi connectivity index (χ2n) is 6.88. The van der Waals surface area contributed by atoms with E-state index in [0.29, 0.717) is 17.0 Å². The number of alkyl halides is 3. The largest absolute Gasteiger partial charge is 0.497 e. The number of amides is 1. The van der Waals surface area contributed by atoms with E-state index in [0.717, 1.165) is 28.4 Å². The van der Waals surface area contributed by atoms with E-state index in [-0.39, 0.29) is 15.8 Å². The number of nitrogens with one attached hydrogen (secondary N) is 1. The molecule has 4 rings (SSSR count). The number of hydrogen-bond acceptors (Lipinski definition) is 5. The Labute approximate surface area is 195 Å². The number of thioether (sulfide) groups is 1. The summed E-state index contributed by atoms with van der Waals surface area (Å²) in [5, 5.41) is 9.77. The van der Waals surface area contributed by atoms with Gasteiger partial charge in [0, 0.05) is 18.0 Å². The molecular formula is C22H16ClF3N4O2S. The Morgan fingerprint density at radius 1 is 1.12 bits per heavy atom. The molecule has 33 heavy (non-hydrogen) atoms. The van der Waals surface area contributed by atoms with Crippen LogP contribution in [0.2, 0.25) is 5.02 Å². The number of aromatic nitrogens is 3. The van der Waals surface area contributed by atoms with E-state index >= 15 is 0 Å². The Morgan fingerprint density at radius 2 is 1.88 bits per heavy atom. The van der Waals surface area contributed by atoms with Gasteiger partial charge in [0.25, 0.3) is 0 Å². The molecule has 1 amide bonds. The lowest BCUT2D eigenvalue weighted by Gasteiger charge is -2.17. The van der Waals surface area contributed by atoms with Crippen molar-refractivity contribution in [3.63, 3.8) is 0 Å². The standard InChI is InChI=1S/C22H16ClF3N4O2S/c1-32-16-9-5-8-15(11-16)27-20(31)18(13-6-3-2-4-7-13)33-21-29-28-19-17(23)10-14(12-30(19)21)22(24,25)26/h2-12,18H,1H3,(H,27,31)/t18-/m1/s1. The van der Waals surface area contributed by atoms with Crippen molar-refractivity contribution in [1.29, 1.82) is 0 Å². The van der Waals surface area contributed by atoms with E-state index in [2.05, 4.69) is 15.5 Å². The van der Waals surface area contributed by atoms with Crippen molar-refractivity contribution < 1.29 is 22.7 Å². The average molecular weight is 493 g/mol. The number of hydrogen-bond donors (Lipinski definition) is 1. The zero-order chi connectivity index (χ0) is 23.6. The van der Waals surface area contributed by atoms with Crippen molar-refractivity contribution in [1.82, 2.24) is 14.6 Å². The molecule has 6 nitrogen and oxygen atoms in total. The predicted octanol–water partition coefficient (Wildman–Crippen LogP) is 5.88. The van der Waals surface area contributed by atoms with Crippen LogP contribution in [0.5, 0.6) is 5.75 Å². The summed E-state index contributed by atoms with van der Waals surface area (Å²) >= 11 is 6.97. The molecule has 0 aliphatic rings. The van der Waals surface area contributed by atoms with Gasteiger partial charge in [0.1, 0.15) is 11.0 Å². The molecule has 11 heteroatoms. The Kier molecular flexibility index (Phi) is 6.48. The minimum Gasteiger partial charge on any atom is -0.497 e. The SMILES string of the molecule is COc1cccc(NC(=O)[C@H](Sc2nnc3c(Cl)cc(C(F)(F)F)cn23)c2ccccc2)c1. The van der Waals surface area contributed by atoms with Gasteiger partial charge in [0.2, 0.25) is 5.91 Å². The molecule has 0 saturated carbocycles. The maximum atomic E-state index is 13.3. The van der Waals surface area contributed by atoms with Gasteiger partial charge in [0.05, 0.1) is 17.7 Å². The average Bonchev–Trinajstić information content (AvgIpc) is 3.21. The highest BCUT2D eigenvalue weighted by Crippen LogP contribution is 2.38. The molecule has 2 aromatic heterocycles. The maximum absolute atomic E-state index is 13.3. The van der Waals surface area contributed by atoms with E-state index in [1.54, 1.807) is 54.6 Å². The van der Waals surface area contributed by atoms with Crippen molar-refractivity contribution in [2.24, 2.45) is 0 Å². The van der Waals surface area contributed by atoms with Crippen molar-refractivity contribution in [3.05, 3.63) is 83.0 Å². The van der Waals surface area contributed by atoms with Crippen LogP contribution in [0.15, 0.2) is 72.0 Å². The molecule has 2 heterocycles. The first-order valence-electron chi connectivity index (χ1n) is 9.54. The van der Waals surface area contributed by atoms with Gasteiger partial charge >= 0.3 is 6.18 Å². The molecule has 0 fully saturated rings. The van der Waals surface area contributed by atoms with Crippen LogP contribution in [0.25, 0.3) is 5.65 Å². The summed E-state index contributed by atoms with van der Waals surface area (Å²) in [6, 6.07) is 16.5. The topological polar surface area (TPSA) is 68.5 Å². The van der Waals surface area contributed by atoms with Crippen molar-refractivity contribution in [2.45, 2.75) is 16.6 Å². The maximum Gasteiger partial charge on any atom is 0.417 e. The number of fused-ring (bicyclic) bond motifs is 1. The van der Waals surface area contributed by atoms with E-state index in [9.17, 15) is 18.0 Å². The third-order valence-electron chi connectivity index (χ3n) is 4.66. The zero-order valence-corrected chi connectivity index (χ0v) is 18.6. The fraction of sp³-hybridized carbons (Fsp3) is 0.136. The number of rotatable bonds is 6. The molecule has 0 radical (unpaired) electrons. The van der Waals surface area contributed by atoms with Crippen LogP contribution >= 0.6 is 23.4 Å². The summed E-state index contributed by atoms with van der Waals surface area (Å²) in [5.41, 5.74) is 0.262. The highest BCUT2D eigenvalue weighted by atomic mass is 35.5. The fourth-order valence-corrected chi connectivity index (χ4v) is 4.34. The molecule has 0 aliphatic heterocycles. The summed E-state index contributed by atoms with van der Waals surface area (Å²) in [5.74, 6) is 0.170. The molecule has 1 N–H and O–H groups in total. The van der Waals surface area contributed by atoms with Gasteiger partial charge in [-0.15, -0.1) is 10.2 Å². The van der Waals surface area contributed by atoms with Crippen molar-refractivity contribution in [3.8, 4) is 5.75 Å². The Balaban J connectivity index is 1.71. The van der Waals surface area contributed by atoms with Crippen molar-refractivity contribution in [2.75, 3.05) is 12.4 Å². The van der Waals surface area contributed by atoms with Gasteiger partial charge in [-0.2, -0.15) is 13.2 Å². The van der Waals surface area contributed by atoms with Crippen LogP contribution in [-0.2, 0) is 11.0 Å². The van der Waals surface area contributed by atoms with Crippen molar-refractivity contribution >= 4 is 40.6 Å². The van der Waals surface area contributed by atoms with Gasteiger partial charge in [-0.25, -0.2) is 0 Å². The number of halogens is 4. The number of ether oxygens (including phenoxy) is 1. The van der Waals surface area contributed by atoms with Gasteiger partial charge in [0.15, 0.2) is 10.8 Å². The number of anilines is 1. The number of carbonyl (C=O) groups is 1. The second-order valence-corrected chi connectivity index (χ2v) is 8.36. The molecular weight excluding hydrogens is 477 g/mol. The van der Waals surface area contributed by atoms with E-state index in [1.807, 2.05) is 0 Å². The summed E-state index contributed by atoms with van der Waals surface area (Å²) in [7, 11) is 1.51. The van der Waals surface area contributed by atoms with Crippen LogP contribution in [0.4, 0.5) is 18.9 Å². The van der Waals surface area contributed by atoms with E-state index < -0.39 is 22.9 Å². The van der Waals surface area contributed by atoms with Crippen LogP contribution in [0.3, 0.4) is 0 Å². The van der Waals surface area contributed by atoms with Crippen LogP contribution in [0.1, 0.15) is 16.4 Å². The van der Waals surface area contributed by atoms with Crippen LogP contribution in [0, 0.1) is 0 Å². The zero-order valence-electron chi connectivity index (χ0n) is 17.0. The number of nitrogens with zero attached hydrogens (tertiary/aromatic N) is 3.